The SMILES string of the molecule is N=C1C[C@@H](OCC2CC2)CC[C@H]1n1cc(C(N)=O)c(Nc2ccc(F)cc2)n1. The van der Waals surface area contributed by atoms with Crippen LogP contribution in [0.1, 0.15) is 48.5 Å². The van der Waals surface area contributed by atoms with Crippen molar-refractivity contribution in [2.75, 3.05) is 11.9 Å². The van der Waals surface area contributed by atoms with E-state index in [1.807, 2.05) is 0 Å². The number of amides is 1. The Kier molecular flexibility index (Phi) is 5.13. The van der Waals surface area contributed by atoms with Crippen molar-refractivity contribution in [3.63, 3.8) is 0 Å². The van der Waals surface area contributed by atoms with E-state index in [1.165, 1.54) is 25.0 Å². The molecule has 2 aliphatic rings. The molecule has 4 N–H and O–H groups in total. The summed E-state index contributed by atoms with van der Waals surface area (Å²) in [6, 6.07) is 5.54. The standard InChI is InChI=1S/C20H24FN5O2/c21-13-3-5-14(6-4-13)24-20-16(19(23)27)10-26(25-20)18-8-7-15(9-17(18)22)28-11-12-1-2-12/h3-6,10,12,15,18,22H,1-2,7-9,11H2,(H2,23,27)(H,24,25)/t15-,18+/m0/s1. The summed E-state index contributed by atoms with van der Waals surface area (Å²) in [5.74, 6) is 0.0550. The lowest BCUT2D eigenvalue weighted by Crippen LogP contribution is -2.32. The van der Waals surface area contributed by atoms with Crippen molar-refractivity contribution in [2.24, 2.45) is 11.7 Å². The van der Waals surface area contributed by atoms with E-state index in [2.05, 4.69) is 10.4 Å². The summed E-state index contributed by atoms with van der Waals surface area (Å²) in [4.78, 5) is 11.8. The fourth-order valence-corrected chi connectivity index (χ4v) is 3.49. The zero-order valence-electron chi connectivity index (χ0n) is 15.5. The summed E-state index contributed by atoms with van der Waals surface area (Å²) in [6.07, 6.45) is 6.32. The van der Waals surface area contributed by atoms with Crippen LogP contribution in [-0.2, 0) is 4.74 Å². The highest BCUT2D eigenvalue weighted by molar-refractivity contribution is 5.98. The van der Waals surface area contributed by atoms with Crippen molar-refractivity contribution < 1.29 is 13.9 Å². The van der Waals surface area contributed by atoms with Gasteiger partial charge in [-0.1, -0.05) is 0 Å². The van der Waals surface area contributed by atoms with Crippen LogP contribution in [0.3, 0.4) is 0 Å². The molecular formula is C20H24FN5O2. The molecule has 0 radical (unpaired) electrons. The van der Waals surface area contributed by atoms with Crippen LogP contribution in [0.25, 0.3) is 0 Å². The first kappa shape index (κ1) is 18.6. The molecule has 28 heavy (non-hydrogen) atoms. The molecule has 2 atom stereocenters. The van der Waals surface area contributed by atoms with E-state index in [9.17, 15) is 9.18 Å². The molecule has 2 fully saturated rings. The average molecular weight is 385 g/mol. The van der Waals surface area contributed by atoms with E-state index in [1.54, 1.807) is 23.0 Å². The minimum atomic E-state index is -0.608. The second kappa shape index (κ2) is 7.71. The third-order valence-corrected chi connectivity index (χ3v) is 5.30. The molecule has 1 aromatic heterocycles. The number of rotatable bonds is 7. The third-order valence-electron chi connectivity index (χ3n) is 5.30. The van der Waals surface area contributed by atoms with Crippen LogP contribution < -0.4 is 11.1 Å². The predicted molar refractivity (Wildman–Crippen MR) is 104 cm³/mol. The van der Waals surface area contributed by atoms with Crippen molar-refractivity contribution in [3.8, 4) is 0 Å². The zero-order chi connectivity index (χ0) is 19.7. The highest BCUT2D eigenvalue weighted by Crippen LogP contribution is 2.33. The molecule has 148 valence electrons. The lowest BCUT2D eigenvalue weighted by atomic mass is 9.91. The third kappa shape index (κ3) is 4.22. The van der Waals surface area contributed by atoms with Crippen LogP contribution in [0.2, 0.25) is 0 Å². The molecule has 1 aromatic carbocycles. The van der Waals surface area contributed by atoms with Gasteiger partial charge >= 0.3 is 0 Å². The van der Waals surface area contributed by atoms with Gasteiger partial charge in [0.1, 0.15) is 11.4 Å². The van der Waals surface area contributed by atoms with Gasteiger partial charge in [-0.3, -0.25) is 9.48 Å². The second-order valence-corrected chi connectivity index (χ2v) is 7.59. The average Bonchev–Trinajstić information content (AvgIpc) is 3.41. The second-order valence-electron chi connectivity index (χ2n) is 7.59. The minimum absolute atomic E-state index is 0.0901. The quantitative estimate of drug-likeness (QED) is 0.679. The summed E-state index contributed by atoms with van der Waals surface area (Å²) >= 11 is 0. The van der Waals surface area contributed by atoms with Gasteiger partial charge in [-0.15, -0.1) is 0 Å². The van der Waals surface area contributed by atoms with Crippen LogP contribution >= 0.6 is 0 Å². The number of halogens is 1. The predicted octanol–water partition coefficient (Wildman–Crippen LogP) is 3.40. The first-order valence-corrected chi connectivity index (χ1v) is 9.60. The highest BCUT2D eigenvalue weighted by atomic mass is 19.1. The van der Waals surface area contributed by atoms with Crippen molar-refractivity contribution >= 4 is 23.1 Å². The van der Waals surface area contributed by atoms with Crippen molar-refractivity contribution in [1.29, 1.82) is 5.41 Å². The Hall–Kier alpha value is -2.74. The van der Waals surface area contributed by atoms with Crippen molar-refractivity contribution in [3.05, 3.63) is 41.8 Å². The Balaban J connectivity index is 1.47. The number of ether oxygens (including phenoxy) is 1. The molecule has 2 aliphatic carbocycles. The van der Waals surface area contributed by atoms with E-state index in [0.29, 0.717) is 29.6 Å². The Morgan fingerprint density at radius 1 is 1.29 bits per heavy atom. The Morgan fingerprint density at radius 3 is 2.68 bits per heavy atom. The van der Waals surface area contributed by atoms with Gasteiger partial charge < -0.3 is 21.2 Å². The summed E-state index contributed by atoms with van der Waals surface area (Å²) in [5, 5.41) is 15.9. The topological polar surface area (TPSA) is 106 Å². The number of hydrogen-bond donors (Lipinski definition) is 3. The summed E-state index contributed by atoms with van der Waals surface area (Å²) in [7, 11) is 0. The molecule has 1 amide bonds. The van der Waals surface area contributed by atoms with Gasteiger partial charge in [0.15, 0.2) is 5.82 Å². The van der Waals surface area contributed by atoms with Gasteiger partial charge in [-0.2, -0.15) is 5.10 Å². The molecule has 1 heterocycles. The van der Waals surface area contributed by atoms with Gasteiger partial charge in [0, 0.05) is 30.6 Å². The van der Waals surface area contributed by atoms with Crippen LogP contribution in [-0.4, -0.2) is 34.1 Å². The number of nitrogens with one attached hydrogen (secondary N) is 2. The molecule has 2 saturated carbocycles. The molecule has 0 saturated heterocycles. The minimum Gasteiger partial charge on any atom is -0.378 e. The number of nitrogens with zero attached hydrogens (tertiary/aromatic N) is 2. The molecule has 4 rings (SSSR count). The number of aromatic nitrogens is 2. The number of primary amides is 1. The van der Waals surface area contributed by atoms with Gasteiger partial charge in [-0.05, 0) is 55.9 Å². The fourth-order valence-electron chi connectivity index (χ4n) is 3.49. The first-order chi connectivity index (χ1) is 13.5. The molecule has 0 aliphatic heterocycles. The fraction of sp³-hybridized carbons (Fsp3) is 0.450. The monoisotopic (exact) mass is 385 g/mol. The maximum atomic E-state index is 13.1. The highest BCUT2D eigenvalue weighted by Gasteiger charge is 2.31. The lowest BCUT2D eigenvalue weighted by Gasteiger charge is -2.29. The van der Waals surface area contributed by atoms with Crippen LogP contribution in [0.5, 0.6) is 0 Å². The van der Waals surface area contributed by atoms with Gasteiger partial charge in [-0.25, -0.2) is 4.39 Å². The zero-order valence-corrected chi connectivity index (χ0v) is 15.5. The lowest BCUT2D eigenvalue weighted by molar-refractivity contribution is 0.0359. The van der Waals surface area contributed by atoms with Gasteiger partial charge in [0.2, 0.25) is 0 Å². The number of anilines is 2. The molecule has 7 nitrogen and oxygen atoms in total. The first-order valence-electron chi connectivity index (χ1n) is 9.60. The van der Waals surface area contributed by atoms with Crippen LogP contribution in [0.15, 0.2) is 30.5 Å². The number of carbonyl (C=O) groups is 1. The number of benzene rings is 1. The molecule has 0 bridgehead atoms. The maximum Gasteiger partial charge on any atom is 0.254 e. The Bertz CT molecular complexity index is 875. The Labute approximate surface area is 162 Å². The van der Waals surface area contributed by atoms with Crippen LogP contribution in [0.4, 0.5) is 15.9 Å². The number of hydrogen-bond acceptors (Lipinski definition) is 5. The van der Waals surface area contributed by atoms with Gasteiger partial charge in [0.25, 0.3) is 5.91 Å². The summed E-state index contributed by atoms with van der Waals surface area (Å²) in [6.45, 7) is 0.794. The van der Waals surface area contributed by atoms with Gasteiger partial charge in [0.05, 0.1) is 12.1 Å². The molecule has 2 aromatic rings. The number of carbonyl (C=O) groups excluding carboxylic acids is 1. The molecule has 0 unspecified atom stereocenters. The molecule has 8 heteroatoms. The van der Waals surface area contributed by atoms with E-state index in [4.69, 9.17) is 15.9 Å². The van der Waals surface area contributed by atoms with Crippen molar-refractivity contribution in [1.82, 2.24) is 9.78 Å². The Morgan fingerprint density at radius 2 is 2.04 bits per heavy atom. The van der Waals surface area contributed by atoms with Crippen LogP contribution in [0, 0.1) is 17.1 Å². The van der Waals surface area contributed by atoms with E-state index >= 15 is 0 Å². The van der Waals surface area contributed by atoms with E-state index in [0.717, 1.165) is 19.4 Å². The maximum absolute atomic E-state index is 13.1. The van der Waals surface area contributed by atoms with E-state index < -0.39 is 5.91 Å². The number of nitrogens with two attached hydrogens (primary N) is 1. The largest absolute Gasteiger partial charge is 0.378 e. The van der Waals surface area contributed by atoms with E-state index in [-0.39, 0.29) is 23.5 Å². The normalized spacial score (nSPS) is 22.2. The molecular weight excluding hydrogens is 361 g/mol. The smallest absolute Gasteiger partial charge is 0.254 e. The summed E-state index contributed by atoms with van der Waals surface area (Å²) in [5.41, 5.74) is 6.88. The summed E-state index contributed by atoms with van der Waals surface area (Å²) < 4.78 is 20.7. The van der Waals surface area contributed by atoms with Crippen molar-refractivity contribution in [2.45, 2.75) is 44.2 Å². The molecule has 0 spiro atoms.